The number of carbonyl (C=O) groups is 1. The van der Waals surface area contributed by atoms with Crippen LogP contribution >= 0.6 is 0 Å². The second kappa shape index (κ2) is 2.47. The Labute approximate surface area is 77.7 Å². The summed E-state index contributed by atoms with van der Waals surface area (Å²) in [5.74, 6) is 0.772. The zero-order valence-corrected chi connectivity index (χ0v) is 7.65. The standard InChI is InChI=1S/C10H15NO2/c12-10(13)9-7-3-8(9)11(5-7)4-6-1-2-6/h6-9H,1-5H2,(H,12,13). The number of hydrogen-bond donors (Lipinski definition) is 1. The molecular weight excluding hydrogens is 166 g/mol. The Morgan fingerprint density at radius 1 is 1.46 bits per heavy atom. The predicted octanol–water partition coefficient (Wildman–Crippen LogP) is 0.801. The molecule has 0 spiro atoms. The lowest BCUT2D eigenvalue weighted by molar-refractivity contribution is -0.147. The first-order chi connectivity index (χ1) is 6.25. The Bertz CT molecular complexity index is 249. The molecule has 4 fully saturated rings. The summed E-state index contributed by atoms with van der Waals surface area (Å²) in [7, 11) is 0. The molecule has 3 nitrogen and oxygen atoms in total. The third kappa shape index (κ3) is 1.10. The SMILES string of the molecule is O=C(O)C1C2CC1N(CC1CC1)C2. The van der Waals surface area contributed by atoms with Crippen LogP contribution in [0.15, 0.2) is 0 Å². The van der Waals surface area contributed by atoms with Gasteiger partial charge in [-0.05, 0) is 31.1 Å². The summed E-state index contributed by atoms with van der Waals surface area (Å²) in [6.07, 6.45) is 3.88. The van der Waals surface area contributed by atoms with Crippen LogP contribution in [-0.2, 0) is 4.79 Å². The number of fused-ring (bicyclic) bond motifs is 1. The first-order valence-electron chi connectivity index (χ1n) is 5.22. The largest absolute Gasteiger partial charge is 0.481 e. The molecule has 3 atom stereocenters. The van der Waals surface area contributed by atoms with Crippen LogP contribution in [0.25, 0.3) is 0 Å². The Balaban J connectivity index is 1.65. The van der Waals surface area contributed by atoms with Crippen molar-refractivity contribution < 1.29 is 9.90 Å². The van der Waals surface area contributed by atoms with Crippen LogP contribution in [0.2, 0.25) is 0 Å². The van der Waals surface area contributed by atoms with E-state index >= 15 is 0 Å². The fourth-order valence-corrected chi connectivity index (χ4v) is 2.93. The van der Waals surface area contributed by atoms with Crippen molar-refractivity contribution in [2.24, 2.45) is 17.8 Å². The topological polar surface area (TPSA) is 40.5 Å². The molecule has 0 aromatic carbocycles. The van der Waals surface area contributed by atoms with Crippen molar-refractivity contribution in [1.82, 2.24) is 4.90 Å². The van der Waals surface area contributed by atoms with E-state index in [0.717, 1.165) is 18.9 Å². The van der Waals surface area contributed by atoms with E-state index in [4.69, 9.17) is 5.11 Å². The maximum absolute atomic E-state index is 10.9. The van der Waals surface area contributed by atoms with Gasteiger partial charge < -0.3 is 5.11 Å². The van der Waals surface area contributed by atoms with E-state index in [2.05, 4.69) is 4.90 Å². The summed E-state index contributed by atoms with van der Waals surface area (Å²) in [5, 5.41) is 8.95. The lowest BCUT2D eigenvalue weighted by atomic mass is 9.74. The Morgan fingerprint density at radius 2 is 2.23 bits per heavy atom. The summed E-state index contributed by atoms with van der Waals surface area (Å²) in [5.41, 5.74) is 0. The molecule has 3 heteroatoms. The van der Waals surface area contributed by atoms with Crippen LogP contribution in [0, 0.1) is 17.8 Å². The molecule has 0 radical (unpaired) electrons. The first-order valence-corrected chi connectivity index (χ1v) is 5.22. The molecule has 72 valence electrons. The molecular formula is C10H15NO2. The average molecular weight is 181 g/mol. The highest BCUT2D eigenvalue weighted by Crippen LogP contribution is 2.47. The van der Waals surface area contributed by atoms with E-state index in [1.54, 1.807) is 0 Å². The zero-order chi connectivity index (χ0) is 9.00. The van der Waals surface area contributed by atoms with Crippen LogP contribution < -0.4 is 0 Å². The fourth-order valence-electron chi connectivity index (χ4n) is 2.93. The molecule has 4 rings (SSSR count). The van der Waals surface area contributed by atoms with Gasteiger partial charge in [-0.1, -0.05) is 0 Å². The van der Waals surface area contributed by atoms with Gasteiger partial charge in [-0.3, -0.25) is 9.69 Å². The van der Waals surface area contributed by atoms with E-state index in [1.807, 2.05) is 0 Å². The van der Waals surface area contributed by atoms with Gasteiger partial charge in [0, 0.05) is 19.1 Å². The second-order valence-corrected chi connectivity index (χ2v) is 4.82. The number of hydrogen-bond acceptors (Lipinski definition) is 2. The van der Waals surface area contributed by atoms with Crippen LogP contribution in [0.1, 0.15) is 19.3 Å². The molecule has 0 aromatic heterocycles. The molecule has 13 heavy (non-hydrogen) atoms. The van der Waals surface area contributed by atoms with Gasteiger partial charge >= 0.3 is 5.97 Å². The summed E-state index contributed by atoms with van der Waals surface area (Å²) < 4.78 is 0. The van der Waals surface area contributed by atoms with Gasteiger partial charge in [0.1, 0.15) is 0 Å². The van der Waals surface area contributed by atoms with E-state index < -0.39 is 5.97 Å². The van der Waals surface area contributed by atoms with Crippen molar-refractivity contribution in [2.45, 2.75) is 25.3 Å². The van der Waals surface area contributed by atoms with Gasteiger partial charge in [-0.2, -0.15) is 0 Å². The summed E-state index contributed by atoms with van der Waals surface area (Å²) in [6, 6.07) is 0.392. The monoisotopic (exact) mass is 181 g/mol. The maximum atomic E-state index is 10.9. The minimum absolute atomic E-state index is 0.0289. The highest BCUT2D eigenvalue weighted by atomic mass is 16.4. The van der Waals surface area contributed by atoms with Crippen molar-refractivity contribution in [3.05, 3.63) is 0 Å². The molecule has 2 aliphatic carbocycles. The van der Waals surface area contributed by atoms with E-state index in [1.165, 1.54) is 19.4 Å². The first kappa shape index (κ1) is 7.80. The Kier molecular flexibility index (Phi) is 1.48. The normalized spacial score (nSPS) is 43.2. The summed E-state index contributed by atoms with van der Waals surface area (Å²) in [4.78, 5) is 13.3. The van der Waals surface area contributed by atoms with Crippen molar-refractivity contribution in [2.75, 3.05) is 13.1 Å². The van der Waals surface area contributed by atoms with Crippen LogP contribution in [0.3, 0.4) is 0 Å². The van der Waals surface area contributed by atoms with Crippen LogP contribution in [0.4, 0.5) is 0 Å². The van der Waals surface area contributed by atoms with Crippen LogP contribution in [0.5, 0.6) is 0 Å². The fraction of sp³-hybridized carbons (Fsp3) is 0.900. The smallest absolute Gasteiger partial charge is 0.308 e. The Hall–Kier alpha value is -0.570. The molecule has 0 amide bonds. The molecule has 2 saturated carbocycles. The molecule has 1 N–H and O–H groups in total. The average Bonchev–Trinajstić information content (AvgIpc) is 2.57. The van der Waals surface area contributed by atoms with Crippen molar-refractivity contribution >= 4 is 5.97 Å². The molecule has 2 saturated heterocycles. The quantitative estimate of drug-likeness (QED) is 0.700. The van der Waals surface area contributed by atoms with E-state index in [-0.39, 0.29) is 5.92 Å². The minimum Gasteiger partial charge on any atom is -0.481 e. The third-order valence-electron chi connectivity index (χ3n) is 3.88. The lowest BCUT2D eigenvalue weighted by Crippen LogP contribution is -2.43. The van der Waals surface area contributed by atoms with E-state index in [9.17, 15) is 4.79 Å². The third-order valence-corrected chi connectivity index (χ3v) is 3.88. The number of nitrogens with zero attached hydrogens (tertiary/aromatic N) is 1. The van der Waals surface area contributed by atoms with Gasteiger partial charge in [-0.15, -0.1) is 0 Å². The molecule has 3 unspecified atom stereocenters. The highest BCUT2D eigenvalue weighted by Gasteiger charge is 2.55. The van der Waals surface area contributed by atoms with Crippen molar-refractivity contribution in [1.29, 1.82) is 0 Å². The summed E-state index contributed by atoms with van der Waals surface area (Å²) in [6.45, 7) is 2.23. The number of aliphatic carboxylic acids is 1. The molecule has 2 aliphatic heterocycles. The highest BCUT2D eigenvalue weighted by molar-refractivity contribution is 5.73. The maximum Gasteiger partial charge on any atom is 0.308 e. The Morgan fingerprint density at radius 3 is 2.77 bits per heavy atom. The van der Waals surface area contributed by atoms with Gasteiger partial charge in [0.2, 0.25) is 0 Å². The van der Waals surface area contributed by atoms with Gasteiger partial charge in [0.15, 0.2) is 0 Å². The van der Waals surface area contributed by atoms with E-state index in [0.29, 0.717) is 12.0 Å². The molecule has 4 aliphatic rings. The summed E-state index contributed by atoms with van der Waals surface area (Å²) >= 11 is 0. The van der Waals surface area contributed by atoms with Crippen molar-refractivity contribution in [3.63, 3.8) is 0 Å². The van der Waals surface area contributed by atoms with Gasteiger partial charge in [-0.25, -0.2) is 0 Å². The molecule has 2 heterocycles. The minimum atomic E-state index is -0.570. The molecule has 2 bridgehead atoms. The second-order valence-electron chi connectivity index (χ2n) is 4.82. The predicted molar refractivity (Wildman–Crippen MR) is 47.3 cm³/mol. The zero-order valence-electron chi connectivity index (χ0n) is 7.65. The van der Waals surface area contributed by atoms with Gasteiger partial charge in [0.05, 0.1) is 5.92 Å². The lowest BCUT2D eigenvalue weighted by Gasteiger charge is -2.33. The number of carboxylic acid groups (broad SMARTS) is 1. The van der Waals surface area contributed by atoms with Crippen molar-refractivity contribution in [3.8, 4) is 0 Å². The number of carboxylic acids is 1. The van der Waals surface area contributed by atoms with Crippen LogP contribution in [-0.4, -0.2) is 35.1 Å². The molecule has 0 aromatic rings. The van der Waals surface area contributed by atoms with Gasteiger partial charge in [0.25, 0.3) is 0 Å². The number of rotatable bonds is 3.